The summed E-state index contributed by atoms with van der Waals surface area (Å²) < 4.78 is 27.9. The second-order valence-corrected chi connectivity index (χ2v) is 9.04. The SMILES string of the molecule is Cc1cccc(NS(=O)(=O)c2cccc(C(=O)NC(C)(CN)C3CC3)c2)c1.Cl. The lowest BCUT2D eigenvalue weighted by Gasteiger charge is -2.29. The third-order valence-electron chi connectivity index (χ3n) is 4.98. The number of hydrogen-bond acceptors (Lipinski definition) is 4. The Bertz CT molecular complexity index is 961. The van der Waals surface area contributed by atoms with Crippen LogP contribution >= 0.6 is 12.4 Å². The molecule has 1 amide bonds. The van der Waals surface area contributed by atoms with Gasteiger partial charge in [0.2, 0.25) is 0 Å². The van der Waals surface area contributed by atoms with Gasteiger partial charge in [-0.3, -0.25) is 9.52 Å². The molecule has 1 saturated carbocycles. The van der Waals surface area contributed by atoms with Crippen molar-refractivity contribution in [3.63, 3.8) is 0 Å². The van der Waals surface area contributed by atoms with E-state index < -0.39 is 15.6 Å². The van der Waals surface area contributed by atoms with Crippen molar-refractivity contribution in [3.8, 4) is 0 Å². The summed E-state index contributed by atoms with van der Waals surface area (Å²) in [7, 11) is -3.79. The van der Waals surface area contributed by atoms with Crippen LogP contribution in [0.25, 0.3) is 0 Å². The maximum atomic E-state index is 12.7. The lowest BCUT2D eigenvalue weighted by atomic mass is 9.95. The van der Waals surface area contributed by atoms with Crippen molar-refractivity contribution in [2.75, 3.05) is 11.3 Å². The smallest absolute Gasteiger partial charge is 0.261 e. The minimum atomic E-state index is -3.79. The summed E-state index contributed by atoms with van der Waals surface area (Å²) in [5.74, 6) is 0.0591. The monoisotopic (exact) mass is 423 g/mol. The molecule has 1 atom stereocenters. The number of sulfonamides is 1. The van der Waals surface area contributed by atoms with E-state index in [-0.39, 0.29) is 23.2 Å². The summed E-state index contributed by atoms with van der Waals surface area (Å²) in [6.45, 7) is 4.16. The summed E-state index contributed by atoms with van der Waals surface area (Å²) in [5, 5.41) is 2.98. The first-order valence-corrected chi connectivity index (χ1v) is 10.4. The zero-order chi connectivity index (χ0) is 19.7. The van der Waals surface area contributed by atoms with E-state index in [9.17, 15) is 13.2 Å². The van der Waals surface area contributed by atoms with Crippen LogP contribution in [0.4, 0.5) is 5.69 Å². The van der Waals surface area contributed by atoms with Crippen LogP contribution in [-0.4, -0.2) is 26.4 Å². The van der Waals surface area contributed by atoms with Crippen molar-refractivity contribution in [3.05, 3.63) is 59.7 Å². The van der Waals surface area contributed by atoms with Crippen LogP contribution in [0.1, 0.15) is 35.7 Å². The van der Waals surface area contributed by atoms with Crippen LogP contribution in [0.15, 0.2) is 53.4 Å². The average Bonchev–Trinajstić information content (AvgIpc) is 3.47. The molecule has 152 valence electrons. The Hall–Kier alpha value is -2.09. The Labute approximate surface area is 172 Å². The van der Waals surface area contributed by atoms with Crippen molar-refractivity contribution < 1.29 is 13.2 Å². The molecule has 0 aliphatic heterocycles. The first-order valence-electron chi connectivity index (χ1n) is 8.96. The average molecular weight is 424 g/mol. The fraction of sp³-hybridized carbons (Fsp3) is 0.350. The molecule has 4 N–H and O–H groups in total. The number of hydrogen-bond donors (Lipinski definition) is 3. The Morgan fingerprint density at radius 3 is 2.46 bits per heavy atom. The van der Waals surface area contributed by atoms with Crippen LogP contribution in [0.3, 0.4) is 0 Å². The molecule has 2 aromatic rings. The number of rotatable bonds is 7. The largest absolute Gasteiger partial charge is 0.345 e. The number of amides is 1. The first kappa shape index (κ1) is 22.2. The van der Waals surface area contributed by atoms with Gasteiger partial charge in [0.25, 0.3) is 15.9 Å². The second kappa shape index (κ2) is 8.51. The van der Waals surface area contributed by atoms with E-state index in [0.29, 0.717) is 23.7 Å². The maximum Gasteiger partial charge on any atom is 0.261 e. The standard InChI is InChI=1S/C20H25N3O3S.ClH/c1-14-5-3-7-17(11-14)23-27(25,26)18-8-4-6-15(12-18)19(24)22-20(2,13-21)16-9-10-16;/h3-8,11-12,16,23H,9-10,13,21H2,1-2H3,(H,22,24);1H. The molecule has 0 aromatic heterocycles. The van der Waals surface area contributed by atoms with Gasteiger partial charge in [-0.1, -0.05) is 18.2 Å². The highest BCUT2D eigenvalue weighted by Gasteiger charge is 2.41. The maximum absolute atomic E-state index is 12.7. The van der Waals surface area contributed by atoms with E-state index in [1.807, 2.05) is 19.9 Å². The van der Waals surface area contributed by atoms with Gasteiger partial charge in [-0.15, -0.1) is 12.4 Å². The molecule has 28 heavy (non-hydrogen) atoms. The van der Waals surface area contributed by atoms with E-state index >= 15 is 0 Å². The first-order chi connectivity index (χ1) is 12.7. The minimum Gasteiger partial charge on any atom is -0.345 e. The Morgan fingerprint density at radius 1 is 1.18 bits per heavy atom. The molecular formula is C20H26ClN3O3S. The zero-order valence-corrected chi connectivity index (χ0v) is 17.6. The van der Waals surface area contributed by atoms with Gasteiger partial charge in [-0.05, 0) is 68.5 Å². The summed E-state index contributed by atoms with van der Waals surface area (Å²) in [4.78, 5) is 12.7. The van der Waals surface area contributed by atoms with Crippen molar-refractivity contribution in [2.45, 2.75) is 37.1 Å². The van der Waals surface area contributed by atoms with Gasteiger partial charge in [-0.25, -0.2) is 8.42 Å². The number of anilines is 1. The highest BCUT2D eigenvalue weighted by atomic mass is 35.5. The normalized spacial score (nSPS) is 15.8. The van der Waals surface area contributed by atoms with Gasteiger partial charge in [0.1, 0.15) is 0 Å². The molecule has 0 heterocycles. The van der Waals surface area contributed by atoms with Gasteiger partial charge in [0, 0.05) is 17.8 Å². The topological polar surface area (TPSA) is 101 Å². The number of benzene rings is 2. The molecule has 1 unspecified atom stereocenters. The number of nitrogens with two attached hydrogens (primary N) is 1. The molecule has 1 aliphatic carbocycles. The van der Waals surface area contributed by atoms with Crippen LogP contribution < -0.4 is 15.8 Å². The van der Waals surface area contributed by atoms with Crippen LogP contribution in [-0.2, 0) is 10.0 Å². The summed E-state index contributed by atoms with van der Waals surface area (Å²) in [6.07, 6.45) is 2.09. The van der Waals surface area contributed by atoms with Crippen molar-refractivity contribution in [2.24, 2.45) is 11.7 Å². The molecule has 8 heteroatoms. The molecule has 3 rings (SSSR count). The third kappa shape index (κ3) is 5.04. The van der Waals surface area contributed by atoms with Crippen molar-refractivity contribution in [1.29, 1.82) is 0 Å². The van der Waals surface area contributed by atoms with E-state index in [1.54, 1.807) is 30.3 Å². The number of halogens is 1. The van der Waals surface area contributed by atoms with E-state index in [0.717, 1.165) is 18.4 Å². The van der Waals surface area contributed by atoms with E-state index in [4.69, 9.17) is 5.73 Å². The van der Waals surface area contributed by atoms with Gasteiger partial charge in [-0.2, -0.15) is 0 Å². The Morgan fingerprint density at radius 2 is 1.86 bits per heavy atom. The molecule has 0 saturated heterocycles. The highest BCUT2D eigenvalue weighted by Crippen LogP contribution is 2.39. The van der Waals surface area contributed by atoms with Gasteiger partial charge >= 0.3 is 0 Å². The molecule has 0 radical (unpaired) electrons. The van der Waals surface area contributed by atoms with E-state index in [1.165, 1.54) is 12.1 Å². The fourth-order valence-electron chi connectivity index (χ4n) is 3.10. The van der Waals surface area contributed by atoms with Crippen molar-refractivity contribution in [1.82, 2.24) is 5.32 Å². The summed E-state index contributed by atoms with van der Waals surface area (Å²) in [5.41, 5.74) is 7.11. The Balaban J connectivity index is 0.00000280. The van der Waals surface area contributed by atoms with Crippen LogP contribution in [0.2, 0.25) is 0 Å². The molecule has 2 aromatic carbocycles. The number of aryl methyl sites for hydroxylation is 1. The molecule has 1 fully saturated rings. The number of nitrogens with one attached hydrogen (secondary N) is 2. The predicted molar refractivity (Wildman–Crippen MR) is 113 cm³/mol. The zero-order valence-electron chi connectivity index (χ0n) is 15.9. The molecule has 0 spiro atoms. The predicted octanol–water partition coefficient (Wildman–Crippen LogP) is 3.07. The number of carbonyl (C=O) groups excluding carboxylic acids is 1. The third-order valence-corrected chi connectivity index (χ3v) is 6.36. The van der Waals surface area contributed by atoms with E-state index in [2.05, 4.69) is 10.0 Å². The molecular weight excluding hydrogens is 398 g/mol. The van der Waals surface area contributed by atoms with Gasteiger partial charge in [0.05, 0.1) is 10.4 Å². The lowest BCUT2D eigenvalue weighted by molar-refractivity contribution is 0.0897. The van der Waals surface area contributed by atoms with Gasteiger partial charge < -0.3 is 11.1 Å². The fourth-order valence-corrected chi connectivity index (χ4v) is 4.19. The van der Waals surface area contributed by atoms with Crippen molar-refractivity contribution >= 4 is 34.0 Å². The van der Waals surface area contributed by atoms with Gasteiger partial charge in [0.15, 0.2) is 0 Å². The molecule has 0 bridgehead atoms. The Kier molecular flexibility index (Phi) is 6.75. The lowest BCUT2D eigenvalue weighted by Crippen LogP contribution is -2.53. The quantitative estimate of drug-likeness (QED) is 0.636. The summed E-state index contributed by atoms with van der Waals surface area (Å²) >= 11 is 0. The highest BCUT2D eigenvalue weighted by molar-refractivity contribution is 7.92. The second-order valence-electron chi connectivity index (χ2n) is 7.35. The molecule has 6 nitrogen and oxygen atoms in total. The van der Waals surface area contributed by atoms with Crippen LogP contribution in [0.5, 0.6) is 0 Å². The molecule has 1 aliphatic rings. The summed E-state index contributed by atoms with van der Waals surface area (Å²) in [6, 6.07) is 13.1. The van der Waals surface area contributed by atoms with Crippen LogP contribution in [0, 0.1) is 12.8 Å². The number of carbonyl (C=O) groups is 1. The minimum absolute atomic E-state index is 0.